The van der Waals surface area contributed by atoms with Gasteiger partial charge >= 0.3 is 5.97 Å². The largest absolute Gasteiger partial charge is 0.465 e. The third kappa shape index (κ3) is 2.60. The molecular formula is C11H15ClN2O3S. The third-order valence-corrected chi connectivity index (χ3v) is 4.51. The topological polar surface area (TPSA) is 62.7 Å². The van der Waals surface area contributed by atoms with Crippen molar-refractivity contribution in [1.29, 1.82) is 0 Å². The van der Waals surface area contributed by atoms with Crippen molar-refractivity contribution < 1.29 is 14.6 Å². The average Bonchev–Trinajstić information content (AvgIpc) is 2.67. The van der Waals surface area contributed by atoms with Crippen molar-refractivity contribution >= 4 is 34.0 Å². The lowest BCUT2D eigenvalue weighted by Gasteiger charge is -2.37. The fourth-order valence-corrected chi connectivity index (χ4v) is 3.17. The van der Waals surface area contributed by atoms with Gasteiger partial charge in [0.2, 0.25) is 0 Å². The van der Waals surface area contributed by atoms with Gasteiger partial charge in [0.05, 0.1) is 13.7 Å². The number of hydrogen-bond donors (Lipinski definition) is 1. The van der Waals surface area contributed by atoms with E-state index in [-0.39, 0.29) is 11.8 Å². The lowest BCUT2D eigenvalue weighted by atomic mass is 9.92. The molecule has 1 N–H and O–H groups in total. The smallest absolute Gasteiger partial charge is 0.351 e. The lowest BCUT2D eigenvalue weighted by Crippen LogP contribution is -2.41. The van der Waals surface area contributed by atoms with Gasteiger partial charge in [-0.05, 0) is 19.3 Å². The summed E-state index contributed by atoms with van der Waals surface area (Å²) in [6.45, 7) is 0.566. The number of anilines is 1. The summed E-state index contributed by atoms with van der Waals surface area (Å²) >= 11 is 7.15. The number of aromatic nitrogens is 1. The summed E-state index contributed by atoms with van der Waals surface area (Å²) in [6, 6.07) is 0.393. The van der Waals surface area contributed by atoms with E-state index in [2.05, 4.69) is 9.72 Å². The van der Waals surface area contributed by atoms with Crippen molar-refractivity contribution in [3.8, 4) is 0 Å². The average molecular weight is 291 g/mol. The van der Waals surface area contributed by atoms with E-state index in [1.807, 2.05) is 4.90 Å². The van der Waals surface area contributed by atoms with Crippen LogP contribution in [0.15, 0.2) is 0 Å². The van der Waals surface area contributed by atoms with Crippen molar-refractivity contribution in [1.82, 2.24) is 4.98 Å². The van der Waals surface area contributed by atoms with E-state index in [1.54, 1.807) is 0 Å². The highest BCUT2D eigenvalue weighted by molar-refractivity contribution is 7.18. The third-order valence-electron chi connectivity index (χ3n) is 3.05. The molecule has 0 spiro atoms. The van der Waals surface area contributed by atoms with Crippen LogP contribution in [0.4, 0.5) is 5.13 Å². The summed E-state index contributed by atoms with van der Waals surface area (Å²) in [7, 11) is 1.31. The molecule has 18 heavy (non-hydrogen) atoms. The Morgan fingerprint density at radius 1 is 1.67 bits per heavy atom. The predicted molar refractivity (Wildman–Crippen MR) is 70.5 cm³/mol. The Hall–Kier alpha value is -0.850. The van der Waals surface area contributed by atoms with Crippen LogP contribution < -0.4 is 4.90 Å². The zero-order chi connectivity index (χ0) is 13.1. The second-order valence-electron chi connectivity index (χ2n) is 4.11. The minimum absolute atomic E-state index is 0.0568. The number of ether oxygens (including phenoxy) is 1. The molecule has 0 aliphatic heterocycles. The minimum Gasteiger partial charge on any atom is -0.465 e. The number of carbonyl (C=O) groups excluding carboxylic acids is 1. The number of aliphatic hydroxyl groups is 1. The Labute approximate surface area is 114 Å². The molecule has 1 aliphatic carbocycles. The van der Waals surface area contributed by atoms with Gasteiger partial charge in [-0.25, -0.2) is 9.78 Å². The number of aliphatic hydroxyl groups excluding tert-OH is 1. The highest BCUT2D eigenvalue weighted by atomic mass is 35.5. The number of nitrogens with zero attached hydrogens (tertiary/aromatic N) is 2. The Kier molecular flexibility index (Phi) is 4.42. The molecule has 0 bridgehead atoms. The molecule has 1 saturated carbocycles. The molecule has 2 rings (SSSR count). The minimum atomic E-state index is -0.471. The van der Waals surface area contributed by atoms with E-state index in [9.17, 15) is 4.79 Å². The summed E-state index contributed by atoms with van der Waals surface area (Å²) in [5.41, 5.74) is 0. The highest BCUT2D eigenvalue weighted by Crippen LogP contribution is 2.35. The second kappa shape index (κ2) is 5.86. The molecule has 1 aliphatic rings. The number of carbonyl (C=O) groups is 1. The summed E-state index contributed by atoms with van der Waals surface area (Å²) < 4.78 is 4.65. The van der Waals surface area contributed by atoms with Gasteiger partial charge < -0.3 is 14.7 Å². The van der Waals surface area contributed by atoms with Gasteiger partial charge in [0.1, 0.15) is 0 Å². The highest BCUT2D eigenvalue weighted by Gasteiger charge is 2.28. The van der Waals surface area contributed by atoms with Crippen LogP contribution in [0.1, 0.15) is 28.9 Å². The van der Waals surface area contributed by atoms with Crippen LogP contribution in [0, 0.1) is 0 Å². The Morgan fingerprint density at radius 2 is 2.39 bits per heavy atom. The predicted octanol–water partition coefficient (Wildman–Crippen LogP) is 1.93. The van der Waals surface area contributed by atoms with Gasteiger partial charge in [0, 0.05) is 12.6 Å². The lowest BCUT2D eigenvalue weighted by molar-refractivity contribution is 0.0606. The van der Waals surface area contributed by atoms with Gasteiger partial charge in [0.15, 0.2) is 15.2 Å². The maximum Gasteiger partial charge on any atom is 0.351 e. The van der Waals surface area contributed by atoms with Crippen LogP contribution in [0.25, 0.3) is 0 Å². The fourth-order valence-electron chi connectivity index (χ4n) is 1.87. The van der Waals surface area contributed by atoms with E-state index in [1.165, 1.54) is 24.9 Å². The van der Waals surface area contributed by atoms with Gasteiger partial charge in [-0.3, -0.25) is 0 Å². The van der Waals surface area contributed by atoms with E-state index >= 15 is 0 Å². The first-order chi connectivity index (χ1) is 8.67. The standard InChI is InChI=1S/C11H15ClN2O3S/c1-17-10(16)8-9(12)13-11(18-8)14(5-6-15)7-3-2-4-7/h7,15H,2-6H2,1H3. The first-order valence-corrected chi connectivity index (χ1v) is 6.99. The van der Waals surface area contributed by atoms with Crippen molar-refractivity contribution in [3.63, 3.8) is 0 Å². The molecular weight excluding hydrogens is 276 g/mol. The van der Waals surface area contributed by atoms with Crippen molar-refractivity contribution in [2.24, 2.45) is 0 Å². The molecule has 1 fully saturated rings. The molecule has 0 saturated heterocycles. The molecule has 7 heteroatoms. The zero-order valence-electron chi connectivity index (χ0n) is 10.1. The summed E-state index contributed by atoms with van der Waals surface area (Å²) in [5, 5.41) is 9.96. The maximum absolute atomic E-state index is 11.5. The van der Waals surface area contributed by atoms with Gasteiger partial charge in [-0.15, -0.1) is 0 Å². The Morgan fingerprint density at radius 3 is 2.89 bits per heavy atom. The zero-order valence-corrected chi connectivity index (χ0v) is 11.6. The fraction of sp³-hybridized carbons (Fsp3) is 0.636. The molecule has 1 aromatic heterocycles. The first kappa shape index (κ1) is 13.6. The number of rotatable bonds is 5. The summed E-state index contributed by atoms with van der Waals surface area (Å²) in [6.07, 6.45) is 3.37. The van der Waals surface area contributed by atoms with Crippen LogP contribution in [0.2, 0.25) is 5.15 Å². The molecule has 1 aromatic rings. The normalized spacial score (nSPS) is 15.3. The quantitative estimate of drug-likeness (QED) is 0.840. The molecule has 0 aromatic carbocycles. The van der Waals surface area contributed by atoms with E-state index in [0.29, 0.717) is 22.6 Å². The molecule has 0 atom stereocenters. The monoisotopic (exact) mass is 290 g/mol. The van der Waals surface area contributed by atoms with Gasteiger partial charge in [-0.2, -0.15) is 0 Å². The second-order valence-corrected chi connectivity index (χ2v) is 5.45. The molecule has 0 radical (unpaired) electrons. The van der Waals surface area contributed by atoms with Crippen molar-refractivity contribution in [3.05, 3.63) is 10.0 Å². The molecule has 0 amide bonds. The van der Waals surface area contributed by atoms with Crippen LogP contribution >= 0.6 is 22.9 Å². The van der Waals surface area contributed by atoms with Gasteiger partial charge in [-0.1, -0.05) is 22.9 Å². The van der Waals surface area contributed by atoms with Crippen LogP contribution in [0.3, 0.4) is 0 Å². The Bertz CT molecular complexity index is 434. The summed E-state index contributed by atoms with van der Waals surface area (Å²) in [4.78, 5) is 18.0. The number of methoxy groups -OCH3 is 1. The van der Waals surface area contributed by atoms with E-state index in [0.717, 1.165) is 12.8 Å². The SMILES string of the molecule is COC(=O)c1sc(N(CCO)C2CCC2)nc1Cl. The van der Waals surface area contributed by atoms with Crippen molar-refractivity contribution in [2.75, 3.05) is 25.2 Å². The molecule has 100 valence electrons. The van der Waals surface area contributed by atoms with Crippen LogP contribution in [0.5, 0.6) is 0 Å². The molecule has 5 nitrogen and oxygen atoms in total. The number of hydrogen-bond acceptors (Lipinski definition) is 6. The molecule has 1 heterocycles. The number of esters is 1. The van der Waals surface area contributed by atoms with Crippen LogP contribution in [-0.4, -0.2) is 42.4 Å². The van der Waals surface area contributed by atoms with Crippen LogP contribution in [-0.2, 0) is 4.74 Å². The van der Waals surface area contributed by atoms with Gasteiger partial charge in [0.25, 0.3) is 0 Å². The summed E-state index contributed by atoms with van der Waals surface area (Å²) in [5.74, 6) is -0.471. The van der Waals surface area contributed by atoms with Crippen molar-refractivity contribution in [2.45, 2.75) is 25.3 Å². The van der Waals surface area contributed by atoms with E-state index in [4.69, 9.17) is 16.7 Å². The first-order valence-electron chi connectivity index (χ1n) is 5.79. The Balaban J connectivity index is 2.22. The number of halogens is 1. The van der Waals surface area contributed by atoms with E-state index < -0.39 is 5.97 Å². The molecule has 0 unspecified atom stereocenters. The maximum atomic E-state index is 11.5. The number of thiazole rings is 1.